The molecule has 1 aromatic rings. The van der Waals surface area contributed by atoms with E-state index in [1.807, 2.05) is 0 Å². The van der Waals surface area contributed by atoms with Crippen LogP contribution in [0.2, 0.25) is 0 Å². The van der Waals surface area contributed by atoms with Crippen molar-refractivity contribution >= 4 is 0 Å². The van der Waals surface area contributed by atoms with Crippen molar-refractivity contribution in [3.63, 3.8) is 0 Å². The largest absolute Gasteiger partial charge is 0.493 e. The van der Waals surface area contributed by atoms with Crippen LogP contribution in [0.25, 0.3) is 0 Å². The van der Waals surface area contributed by atoms with E-state index in [-0.39, 0.29) is 5.56 Å². The summed E-state index contributed by atoms with van der Waals surface area (Å²) in [4.78, 5) is 13.6. The van der Waals surface area contributed by atoms with Gasteiger partial charge < -0.3 is 9.72 Å². The lowest BCUT2D eigenvalue weighted by molar-refractivity contribution is 0.244. The third-order valence-electron chi connectivity index (χ3n) is 2.94. The van der Waals surface area contributed by atoms with E-state index in [9.17, 15) is 4.79 Å². The Labute approximate surface area is 103 Å². The molecule has 0 radical (unpaired) electrons. The van der Waals surface area contributed by atoms with Crippen molar-refractivity contribution in [2.24, 2.45) is 5.41 Å². The average molecular weight is 237 g/mol. The van der Waals surface area contributed by atoms with E-state index in [0.29, 0.717) is 17.8 Å². The molecule has 0 atom stereocenters. The maximum atomic E-state index is 11.0. The Morgan fingerprint density at radius 1 is 1.35 bits per heavy atom. The van der Waals surface area contributed by atoms with Crippen LogP contribution >= 0.6 is 0 Å². The van der Waals surface area contributed by atoms with Gasteiger partial charge >= 0.3 is 0 Å². The van der Waals surface area contributed by atoms with Crippen molar-refractivity contribution in [2.75, 3.05) is 6.61 Å². The first-order chi connectivity index (χ1) is 8.03. The van der Waals surface area contributed by atoms with Crippen molar-refractivity contribution in [3.05, 3.63) is 28.7 Å². The Bertz CT molecular complexity index is 382. The first-order valence-electron chi connectivity index (χ1n) is 6.35. The number of nitrogens with one attached hydrogen (secondary N) is 1. The van der Waals surface area contributed by atoms with Crippen LogP contribution in [0.5, 0.6) is 5.75 Å². The summed E-state index contributed by atoms with van der Waals surface area (Å²) in [6.07, 6.45) is 6.27. The predicted molar refractivity (Wildman–Crippen MR) is 70.5 cm³/mol. The third-order valence-corrected chi connectivity index (χ3v) is 2.94. The topological polar surface area (TPSA) is 42.1 Å². The summed E-state index contributed by atoms with van der Waals surface area (Å²) in [5.41, 5.74) is 0.278. The van der Waals surface area contributed by atoms with Crippen LogP contribution in [0.4, 0.5) is 0 Å². The number of aromatic amines is 1. The van der Waals surface area contributed by atoms with Gasteiger partial charge in [-0.1, -0.05) is 27.2 Å². The van der Waals surface area contributed by atoms with E-state index in [2.05, 4.69) is 25.8 Å². The minimum atomic E-state index is -0.117. The zero-order chi connectivity index (χ0) is 12.7. The molecular weight excluding hydrogens is 214 g/mol. The van der Waals surface area contributed by atoms with Gasteiger partial charge in [-0.15, -0.1) is 0 Å². The maximum absolute atomic E-state index is 11.0. The molecule has 1 heterocycles. The predicted octanol–water partition coefficient (Wildman–Crippen LogP) is 3.36. The second-order valence-electron chi connectivity index (χ2n) is 5.25. The highest BCUT2D eigenvalue weighted by atomic mass is 16.5. The zero-order valence-electron chi connectivity index (χ0n) is 11.1. The molecule has 0 aliphatic carbocycles. The highest BCUT2D eigenvalue weighted by Gasteiger charge is 2.15. The lowest BCUT2D eigenvalue weighted by Gasteiger charge is -2.23. The number of hydrogen-bond donors (Lipinski definition) is 1. The number of hydrogen-bond acceptors (Lipinski definition) is 2. The molecule has 17 heavy (non-hydrogen) atoms. The SMILES string of the molecule is CCCC(C)(C)CCCOc1cc[nH]c(=O)c1. The number of pyridine rings is 1. The van der Waals surface area contributed by atoms with Crippen LogP contribution in [0.15, 0.2) is 23.1 Å². The molecular formula is C14H23NO2. The summed E-state index contributed by atoms with van der Waals surface area (Å²) in [6.45, 7) is 7.48. The summed E-state index contributed by atoms with van der Waals surface area (Å²) in [5, 5.41) is 0. The molecule has 1 aromatic heterocycles. The molecule has 0 amide bonds. The molecule has 3 heteroatoms. The van der Waals surface area contributed by atoms with Crippen LogP contribution in [0.3, 0.4) is 0 Å². The lowest BCUT2D eigenvalue weighted by Crippen LogP contribution is -2.13. The Kier molecular flexibility index (Phi) is 5.26. The molecule has 1 rings (SSSR count). The van der Waals surface area contributed by atoms with E-state index < -0.39 is 0 Å². The van der Waals surface area contributed by atoms with E-state index in [0.717, 1.165) is 12.8 Å². The fraction of sp³-hybridized carbons (Fsp3) is 0.643. The Morgan fingerprint density at radius 3 is 2.76 bits per heavy atom. The Balaban J connectivity index is 2.27. The highest BCUT2D eigenvalue weighted by molar-refractivity contribution is 5.16. The molecule has 0 unspecified atom stereocenters. The molecule has 0 fully saturated rings. The molecule has 0 bridgehead atoms. The summed E-state index contributed by atoms with van der Waals surface area (Å²) < 4.78 is 5.54. The van der Waals surface area contributed by atoms with E-state index in [1.165, 1.54) is 18.9 Å². The van der Waals surface area contributed by atoms with Gasteiger partial charge in [-0.2, -0.15) is 0 Å². The molecule has 3 nitrogen and oxygen atoms in total. The van der Waals surface area contributed by atoms with Gasteiger partial charge in [0.25, 0.3) is 5.56 Å². The van der Waals surface area contributed by atoms with Gasteiger partial charge in [0.2, 0.25) is 0 Å². The second kappa shape index (κ2) is 6.48. The molecule has 0 saturated carbocycles. The smallest absolute Gasteiger partial charge is 0.251 e. The summed E-state index contributed by atoms with van der Waals surface area (Å²) >= 11 is 0. The molecule has 0 aliphatic rings. The zero-order valence-corrected chi connectivity index (χ0v) is 11.1. The molecule has 96 valence electrons. The lowest BCUT2D eigenvalue weighted by atomic mass is 9.83. The minimum absolute atomic E-state index is 0.117. The number of rotatable bonds is 7. The van der Waals surface area contributed by atoms with Gasteiger partial charge in [0.15, 0.2) is 0 Å². The summed E-state index contributed by atoms with van der Waals surface area (Å²) in [7, 11) is 0. The minimum Gasteiger partial charge on any atom is -0.493 e. The quantitative estimate of drug-likeness (QED) is 0.739. The highest BCUT2D eigenvalue weighted by Crippen LogP contribution is 2.27. The normalized spacial score (nSPS) is 11.5. The van der Waals surface area contributed by atoms with E-state index >= 15 is 0 Å². The first kappa shape index (κ1) is 13.8. The maximum Gasteiger partial charge on any atom is 0.251 e. The van der Waals surface area contributed by atoms with Crippen LogP contribution in [-0.4, -0.2) is 11.6 Å². The Morgan fingerprint density at radius 2 is 2.12 bits per heavy atom. The van der Waals surface area contributed by atoms with Crippen LogP contribution in [-0.2, 0) is 0 Å². The van der Waals surface area contributed by atoms with E-state index in [1.54, 1.807) is 12.3 Å². The molecule has 0 aromatic carbocycles. The summed E-state index contributed by atoms with van der Waals surface area (Å²) in [5.74, 6) is 0.655. The third kappa shape index (κ3) is 5.57. The van der Waals surface area contributed by atoms with Gasteiger partial charge in [0, 0.05) is 12.3 Å². The average Bonchev–Trinajstić information content (AvgIpc) is 2.24. The molecule has 0 saturated heterocycles. The van der Waals surface area contributed by atoms with Gasteiger partial charge in [-0.25, -0.2) is 0 Å². The molecule has 0 aliphatic heterocycles. The first-order valence-corrected chi connectivity index (χ1v) is 6.35. The number of ether oxygens (including phenoxy) is 1. The van der Waals surface area contributed by atoms with Gasteiger partial charge in [-0.3, -0.25) is 4.79 Å². The molecule has 0 spiro atoms. The van der Waals surface area contributed by atoms with Crippen molar-refractivity contribution in [1.29, 1.82) is 0 Å². The number of aromatic nitrogens is 1. The van der Waals surface area contributed by atoms with Crippen LogP contribution < -0.4 is 10.3 Å². The summed E-state index contributed by atoms with van der Waals surface area (Å²) in [6, 6.07) is 3.26. The number of H-pyrrole nitrogens is 1. The second-order valence-corrected chi connectivity index (χ2v) is 5.25. The monoisotopic (exact) mass is 237 g/mol. The van der Waals surface area contributed by atoms with Gasteiger partial charge in [-0.05, 0) is 30.7 Å². The van der Waals surface area contributed by atoms with Crippen molar-refractivity contribution in [2.45, 2.75) is 46.5 Å². The fourth-order valence-electron chi connectivity index (χ4n) is 2.06. The van der Waals surface area contributed by atoms with Crippen molar-refractivity contribution in [3.8, 4) is 5.75 Å². The molecule has 1 N–H and O–H groups in total. The van der Waals surface area contributed by atoms with Crippen LogP contribution in [0, 0.1) is 5.41 Å². The van der Waals surface area contributed by atoms with Gasteiger partial charge in [0.1, 0.15) is 5.75 Å². The van der Waals surface area contributed by atoms with Gasteiger partial charge in [0.05, 0.1) is 6.61 Å². The standard InChI is InChI=1S/C14H23NO2/c1-4-7-14(2,3)8-5-10-17-12-6-9-15-13(16)11-12/h6,9,11H,4-5,7-8,10H2,1-3H3,(H,15,16). The van der Waals surface area contributed by atoms with Crippen molar-refractivity contribution in [1.82, 2.24) is 4.98 Å². The van der Waals surface area contributed by atoms with Crippen molar-refractivity contribution < 1.29 is 4.74 Å². The fourth-order valence-corrected chi connectivity index (χ4v) is 2.06. The Hall–Kier alpha value is -1.25. The van der Waals surface area contributed by atoms with E-state index in [4.69, 9.17) is 4.74 Å². The van der Waals surface area contributed by atoms with Crippen LogP contribution in [0.1, 0.15) is 46.5 Å².